The molecule has 0 amide bonds. The first-order valence-electron chi connectivity index (χ1n) is 9.70. The zero-order valence-electron chi connectivity index (χ0n) is 16.8. The fraction of sp³-hybridized carbons (Fsp3) is 0.217. The minimum atomic E-state index is -0.404. The summed E-state index contributed by atoms with van der Waals surface area (Å²) < 4.78 is 6.80. The number of pyridine rings is 1. The molecule has 0 saturated carbocycles. The van der Waals surface area contributed by atoms with Gasteiger partial charge >= 0.3 is 5.97 Å². The van der Waals surface area contributed by atoms with Gasteiger partial charge in [0, 0.05) is 23.2 Å². The maximum atomic E-state index is 12.2. The Hall–Kier alpha value is -3.32. The predicted octanol–water partition coefficient (Wildman–Crippen LogP) is 3.97. The molecule has 4 rings (SSSR count). The fourth-order valence-electron chi connectivity index (χ4n) is 3.09. The number of aryl methyl sites for hydroxylation is 2. The minimum Gasteiger partial charge on any atom is -0.459 e. The molecule has 0 fully saturated rings. The number of aromatic nitrogens is 3. The van der Waals surface area contributed by atoms with Crippen LogP contribution in [-0.4, -0.2) is 20.3 Å². The lowest BCUT2D eigenvalue weighted by Gasteiger charge is -2.06. The zero-order chi connectivity index (χ0) is 21.1. The Kier molecular flexibility index (Phi) is 5.72. The van der Waals surface area contributed by atoms with Crippen molar-refractivity contribution < 1.29 is 9.53 Å². The summed E-state index contributed by atoms with van der Waals surface area (Å²) in [5.41, 5.74) is 4.69. The molecule has 4 aromatic rings. The number of esters is 1. The highest BCUT2D eigenvalue weighted by Gasteiger charge is 2.12. The van der Waals surface area contributed by atoms with E-state index in [1.54, 1.807) is 12.3 Å². The van der Waals surface area contributed by atoms with Crippen molar-refractivity contribution in [3.05, 3.63) is 86.9 Å². The number of nitrogens with zero attached hydrogens (tertiary/aromatic N) is 3. The Bertz CT molecular complexity index is 1260. The van der Waals surface area contributed by atoms with Gasteiger partial charge in [-0.05, 0) is 30.5 Å². The third-order valence-electron chi connectivity index (χ3n) is 4.73. The van der Waals surface area contributed by atoms with Crippen LogP contribution in [0.5, 0.6) is 0 Å². The second-order valence-electron chi connectivity index (χ2n) is 7.05. The summed E-state index contributed by atoms with van der Waals surface area (Å²) in [7, 11) is 0. The van der Waals surface area contributed by atoms with Crippen LogP contribution < -0.4 is 5.56 Å². The van der Waals surface area contributed by atoms with Crippen molar-refractivity contribution in [2.24, 2.45) is 0 Å². The van der Waals surface area contributed by atoms with Crippen LogP contribution in [0.3, 0.4) is 0 Å². The van der Waals surface area contributed by atoms with Gasteiger partial charge in [-0.1, -0.05) is 37.3 Å². The molecule has 0 aliphatic carbocycles. The van der Waals surface area contributed by atoms with Crippen LogP contribution >= 0.6 is 11.3 Å². The lowest BCUT2D eigenvalue weighted by Crippen LogP contribution is -2.17. The van der Waals surface area contributed by atoms with E-state index in [0.29, 0.717) is 17.0 Å². The van der Waals surface area contributed by atoms with Gasteiger partial charge in [0.25, 0.3) is 5.56 Å². The van der Waals surface area contributed by atoms with Crippen molar-refractivity contribution in [3.8, 4) is 10.6 Å². The van der Waals surface area contributed by atoms with Crippen molar-refractivity contribution in [1.29, 1.82) is 0 Å². The predicted molar refractivity (Wildman–Crippen MR) is 117 cm³/mol. The van der Waals surface area contributed by atoms with Crippen molar-refractivity contribution in [1.82, 2.24) is 14.4 Å². The summed E-state index contributed by atoms with van der Waals surface area (Å²) in [6, 6.07) is 13.3. The Morgan fingerprint density at radius 1 is 1.10 bits per heavy atom. The van der Waals surface area contributed by atoms with Gasteiger partial charge in [0.05, 0.1) is 17.8 Å². The van der Waals surface area contributed by atoms with Gasteiger partial charge in [0.1, 0.15) is 17.3 Å². The molecule has 152 valence electrons. The fourth-order valence-corrected chi connectivity index (χ4v) is 3.92. The number of hydrogen-bond acceptors (Lipinski definition) is 6. The van der Waals surface area contributed by atoms with E-state index in [2.05, 4.69) is 29.0 Å². The molecule has 3 aromatic heterocycles. The molecule has 1 aromatic carbocycles. The van der Waals surface area contributed by atoms with Crippen LogP contribution in [0.1, 0.15) is 29.4 Å². The molecule has 0 N–H and O–H groups in total. The van der Waals surface area contributed by atoms with Crippen LogP contribution in [0.15, 0.2) is 58.8 Å². The number of thiazole rings is 1. The molecule has 0 radical (unpaired) electrons. The van der Waals surface area contributed by atoms with Gasteiger partial charge in [0.15, 0.2) is 0 Å². The third kappa shape index (κ3) is 4.46. The van der Waals surface area contributed by atoms with Crippen LogP contribution in [0.4, 0.5) is 0 Å². The molecule has 0 saturated heterocycles. The molecular formula is C23H21N3O3S. The first kappa shape index (κ1) is 20.0. The highest BCUT2D eigenvalue weighted by Crippen LogP contribution is 2.24. The minimum absolute atomic E-state index is 0.0477. The summed E-state index contributed by atoms with van der Waals surface area (Å²) in [4.78, 5) is 33.4. The Labute approximate surface area is 177 Å². The Balaban J connectivity index is 1.39. The number of fused-ring (bicyclic) bond motifs is 1. The summed E-state index contributed by atoms with van der Waals surface area (Å²) in [5, 5.41) is 2.74. The highest BCUT2D eigenvalue weighted by molar-refractivity contribution is 7.13. The average molecular weight is 420 g/mol. The van der Waals surface area contributed by atoms with E-state index in [1.807, 2.05) is 30.5 Å². The van der Waals surface area contributed by atoms with Crippen LogP contribution in [-0.2, 0) is 29.0 Å². The van der Waals surface area contributed by atoms with Gasteiger partial charge in [-0.15, -0.1) is 11.3 Å². The molecule has 7 heteroatoms. The number of rotatable bonds is 6. The van der Waals surface area contributed by atoms with E-state index in [9.17, 15) is 9.59 Å². The quantitative estimate of drug-likeness (QED) is 0.442. The molecule has 0 atom stereocenters. The normalized spacial score (nSPS) is 11.0. The number of hydrogen-bond donors (Lipinski definition) is 0. The van der Waals surface area contributed by atoms with Crippen molar-refractivity contribution in [2.75, 3.05) is 0 Å². The summed E-state index contributed by atoms with van der Waals surface area (Å²) >= 11 is 1.50. The van der Waals surface area contributed by atoms with E-state index in [4.69, 9.17) is 4.74 Å². The number of carbonyl (C=O) groups is 1. The SMILES string of the molecule is CCc1ccc(-c2nc(CC(=O)OCc3cc(=O)n4cc(C)ccc4n3)cs2)cc1. The van der Waals surface area contributed by atoms with Crippen molar-refractivity contribution >= 4 is 23.0 Å². The summed E-state index contributed by atoms with van der Waals surface area (Å²) in [5.74, 6) is -0.404. The zero-order valence-corrected chi connectivity index (χ0v) is 17.6. The smallest absolute Gasteiger partial charge is 0.312 e. The maximum Gasteiger partial charge on any atom is 0.312 e. The first-order chi connectivity index (χ1) is 14.5. The van der Waals surface area contributed by atoms with E-state index >= 15 is 0 Å². The second-order valence-corrected chi connectivity index (χ2v) is 7.91. The average Bonchev–Trinajstić information content (AvgIpc) is 3.21. The van der Waals surface area contributed by atoms with Gasteiger partial charge in [-0.25, -0.2) is 9.97 Å². The standard InChI is InChI=1S/C23H21N3O3S/c1-3-16-5-7-17(8-6-16)23-25-19(14-30-23)11-22(28)29-13-18-10-21(27)26-12-15(2)4-9-20(26)24-18/h4-10,12,14H,3,11,13H2,1-2H3. The lowest BCUT2D eigenvalue weighted by atomic mass is 10.1. The molecule has 0 bridgehead atoms. The Morgan fingerprint density at radius 3 is 2.67 bits per heavy atom. The van der Waals surface area contributed by atoms with Gasteiger partial charge < -0.3 is 4.74 Å². The van der Waals surface area contributed by atoms with Crippen LogP contribution in [0.25, 0.3) is 16.2 Å². The van der Waals surface area contributed by atoms with E-state index in [-0.39, 0.29) is 18.6 Å². The monoisotopic (exact) mass is 419 g/mol. The number of benzene rings is 1. The van der Waals surface area contributed by atoms with E-state index in [1.165, 1.54) is 27.4 Å². The Morgan fingerprint density at radius 2 is 1.90 bits per heavy atom. The van der Waals surface area contributed by atoms with Crippen molar-refractivity contribution in [2.45, 2.75) is 33.3 Å². The topological polar surface area (TPSA) is 73.6 Å². The maximum absolute atomic E-state index is 12.2. The molecule has 0 unspecified atom stereocenters. The molecule has 0 aliphatic rings. The molecule has 6 nitrogen and oxygen atoms in total. The van der Waals surface area contributed by atoms with Crippen molar-refractivity contribution in [3.63, 3.8) is 0 Å². The second kappa shape index (κ2) is 8.59. The summed E-state index contributed by atoms with van der Waals surface area (Å²) in [6.45, 7) is 3.98. The van der Waals surface area contributed by atoms with Gasteiger partial charge in [0.2, 0.25) is 0 Å². The molecule has 0 aliphatic heterocycles. The number of carbonyl (C=O) groups excluding carboxylic acids is 1. The van der Waals surface area contributed by atoms with Gasteiger partial charge in [-0.3, -0.25) is 14.0 Å². The molecule has 3 heterocycles. The largest absolute Gasteiger partial charge is 0.459 e. The van der Waals surface area contributed by atoms with Crippen LogP contribution in [0, 0.1) is 6.92 Å². The molecular weight excluding hydrogens is 398 g/mol. The molecule has 30 heavy (non-hydrogen) atoms. The number of ether oxygens (including phenoxy) is 1. The van der Waals surface area contributed by atoms with E-state index in [0.717, 1.165) is 22.6 Å². The summed E-state index contributed by atoms with van der Waals surface area (Å²) in [6.07, 6.45) is 2.80. The van der Waals surface area contributed by atoms with Crippen LogP contribution in [0.2, 0.25) is 0 Å². The lowest BCUT2D eigenvalue weighted by molar-refractivity contribution is -0.144. The first-order valence-corrected chi connectivity index (χ1v) is 10.6. The molecule has 0 spiro atoms. The third-order valence-corrected chi connectivity index (χ3v) is 5.67. The highest BCUT2D eigenvalue weighted by atomic mass is 32.1. The van der Waals surface area contributed by atoms with Gasteiger partial charge in [-0.2, -0.15) is 0 Å². The van der Waals surface area contributed by atoms with E-state index < -0.39 is 5.97 Å².